The summed E-state index contributed by atoms with van der Waals surface area (Å²) in [6.07, 6.45) is 3.29. The summed E-state index contributed by atoms with van der Waals surface area (Å²) in [4.78, 5) is 30.1. The molecule has 0 radical (unpaired) electrons. The summed E-state index contributed by atoms with van der Waals surface area (Å²) in [7, 11) is 0. The molecule has 0 N–H and O–H groups in total. The molecule has 0 aliphatic heterocycles. The molecule has 0 fully saturated rings. The van der Waals surface area contributed by atoms with Crippen molar-refractivity contribution in [3.05, 3.63) is 112 Å². The number of pyridine rings is 2. The summed E-state index contributed by atoms with van der Waals surface area (Å²) in [6.45, 7) is 0. The zero-order valence-electron chi connectivity index (χ0n) is 15.7. The first-order valence-electron chi connectivity index (χ1n) is 9.62. The van der Waals surface area contributed by atoms with Gasteiger partial charge in [0.05, 0.1) is 5.69 Å². The number of carbonyl (C=O) groups excluding carboxylic acids is 1. The van der Waals surface area contributed by atoms with E-state index >= 15 is 0 Å². The molecule has 2 heterocycles. The second-order valence-corrected chi connectivity index (χ2v) is 7.12. The van der Waals surface area contributed by atoms with Crippen LogP contribution in [0.25, 0.3) is 22.4 Å². The molecule has 2 aromatic carbocycles. The maximum absolute atomic E-state index is 13.1. The maximum Gasteiger partial charge on any atom is 0.283 e. The Morgan fingerprint density at radius 2 is 1.59 bits per heavy atom. The van der Waals surface area contributed by atoms with Crippen LogP contribution in [0.5, 0.6) is 0 Å². The summed E-state index contributed by atoms with van der Waals surface area (Å²) >= 11 is 0. The van der Waals surface area contributed by atoms with E-state index in [1.54, 1.807) is 12.1 Å². The fourth-order valence-electron chi connectivity index (χ4n) is 3.98. The van der Waals surface area contributed by atoms with Crippen LogP contribution in [-0.4, -0.2) is 15.5 Å². The number of fused-ring (bicyclic) bond motifs is 3. The van der Waals surface area contributed by atoms with Crippen LogP contribution < -0.4 is 5.56 Å². The molecule has 2 aromatic heterocycles. The van der Waals surface area contributed by atoms with E-state index in [4.69, 9.17) is 4.98 Å². The zero-order valence-corrected chi connectivity index (χ0v) is 15.7. The minimum Gasteiger partial charge on any atom is -0.269 e. The maximum atomic E-state index is 13.1. The van der Waals surface area contributed by atoms with E-state index in [2.05, 4.69) is 12.1 Å². The van der Waals surface area contributed by atoms with E-state index in [-0.39, 0.29) is 11.3 Å². The Kier molecular flexibility index (Phi) is 4.17. The van der Waals surface area contributed by atoms with Crippen molar-refractivity contribution in [1.29, 1.82) is 0 Å². The van der Waals surface area contributed by atoms with E-state index in [9.17, 15) is 9.59 Å². The molecular formula is C25H18N2O2. The second-order valence-electron chi connectivity index (χ2n) is 7.12. The normalized spacial score (nSPS) is 12.1. The highest BCUT2D eigenvalue weighted by atomic mass is 16.2. The van der Waals surface area contributed by atoms with Crippen LogP contribution in [0.2, 0.25) is 0 Å². The lowest BCUT2D eigenvalue weighted by atomic mass is 9.84. The van der Waals surface area contributed by atoms with E-state index < -0.39 is 5.91 Å². The van der Waals surface area contributed by atoms with E-state index in [1.807, 2.05) is 48.5 Å². The zero-order chi connectivity index (χ0) is 19.8. The minimum absolute atomic E-state index is 0.271. The summed E-state index contributed by atoms with van der Waals surface area (Å²) in [6, 6.07) is 24.7. The Bertz CT molecular complexity index is 1270. The van der Waals surface area contributed by atoms with Crippen molar-refractivity contribution in [3.8, 4) is 22.4 Å². The third kappa shape index (κ3) is 2.99. The average molecular weight is 378 g/mol. The van der Waals surface area contributed by atoms with Crippen molar-refractivity contribution in [3.63, 3.8) is 0 Å². The second kappa shape index (κ2) is 6.99. The number of benzene rings is 2. The van der Waals surface area contributed by atoms with Gasteiger partial charge in [-0.1, -0.05) is 60.7 Å². The molecule has 4 nitrogen and oxygen atoms in total. The van der Waals surface area contributed by atoms with Crippen LogP contribution in [0, 0.1) is 0 Å². The van der Waals surface area contributed by atoms with E-state index in [0.29, 0.717) is 0 Å². The minimum atomic E-state index is -0.418. The summed E-state index contributed by atoms with van der Waals surface area (Å²) in [5, 5.41) is 0. The van der Waals surface area contributed by atoms with Gasteiger partial charge in [0.1, 0.15) is 5.69 Å². The lowest BCUT2D eigenvalue weighted by Crippen LogP contribution is -2.27. The fourth-order valence-corrected chi connectivity index (χ4v) is 3.98. The first-order valence-corrected chi connectivity index (χ1v) is 9.62. The predicted molar refractivity (Wildman–Crippen MR) is 113 cm³/mol. The molecule has 0 unspecified atom stereocenters. The number of rotatable bonds is 2. The van der Waals surface area contributed by atoms with Crippen LogP contribution in [0.4, 0.5) is 0 Å². The van der Waals surface area contributed by atoms with Crippen LogP contribution in [0.15, 0.2) is 89.9 Å². The van der Waals surface area contributed by atoms with Crippen LogP contribution >= 0.6 is 0 Å². The number of hydrogen-bond donors (Lipinski definition) is 0. The van der Waals surface area contributed by atoms with Gasteiger partial charge in [0.25, 0.3) is 11.5 Å². The van der Waals surface area contributed by atoms with Crippen molar-refractivity contribution in [2.24, 2.45) is 0 Å². The third-order valence-electron chi connectivity index (χ3n) is 5.39. The molecule has 0 amide bonds. The number of carbonyl (C=O) groups is 1. The number of nitrogens with zero attached hydrogens (tertiary/aromatic N) is 2. The molecule has 5 rings (SSSR count). The predicted octanol–water partition coefficient (Wildman–Crippen LogP) is 4.36. The van der Waals surface area contributed by atoms with Crippen LogP contribution in [-0.2, 0) is 12.8 Å². The molecule has 140 valence electrons. The molecule has 0 saturated heterocycles. The molecule has 1 aliphatic carbocycles. The van der Waals surface area contributed by atoms with Crippen LogP contribution in [0.3, 0.4) is 0 Å². The van der Waals surface area contributed by atoms with Gasteiger partial charge < -0.3 is 0 Å². The van der Waals surface area contributed by atoms with Gasteiger partial charge in [-0.05, 0) is 47.2 Å². The monoisotopic (exact) mass is 378 g/mol. The summed E-state index contributed by atoms with van der Waals surface area (Å²) in [5.74, 6) is -0.418. The third-order valence-corrected chi connectivity index (χ3v) is 5.39. The van der Waals surface area contributed by atoms with Crippen molar-refractivity contribution in [2.45, 2.75) is 12.8 Å². The lowest BCUT2D eigenvalue weighted by molar-refractivity contribution is 0.0951. The lowest BCUT2D eigenvalue weighted by Gasteiger charge is -2.23. The van der Waals surface area contributed by atoms with Gasteiger partial charge in [-0.2, -0.15) is 0 Å². The molecule has 0 bridgehead atoms. The Hall–Kier alpha value is -3.79. The molecule has 0 atom stereocenters. The van der Waals surface area contributed by atoms with Crippen molar-refractivity contribution in [1.82, 2.24) is 9.55 Å². The Morgan fingerprint density at radius 1 is 0.828 bits per heavy atom. The highest BCUT2D eigenvalue weighted by Crippen LogP contribution is 2.38. The first kappa shape index (κ1) is 17.3. The largest absolute Gasteiger partial charge is 0.283 e. The van der Waals surface area contributed by atoms with Gasteiger partial charge in [-0.3, -0.25) is 9.59 Å². The molecule has 4 heteroatoms. The van der Waals surface area contributed by atoms with E-state index in [1.165, 1.54) is 17.8 Å². The smallest absolute Gasteiger partial charge is 0.269 e. The molecule has 29 heavy (non-hydrogen) atoms. The SMILES string of the molecule is O=C(c1cc(-c2ccccc2)c2c(n1)-c1ccccc1CC2)n1ccccc1=O. The summed E-state index contributed by atoms with van der Waals surface area (Å²) < 4.78 is 1.11. The topological polar surface area (TPSA) is 52.0 Å². The van der Waals surface area contributed by atoms with Gasteiger partial charge >= 0.3 is 0 Å². The van der Waals surface area contributed by atoms with Gasteiger partial charge in [0.15, 0.2) is 0 Å². The average Bonchev–Trinajstić information content (AvgIpc) is 2.78. The van der Waals surface area contributed by atoms with Crippen LogP contribution in [0.1, 0.15) is 21.6 Å². The van der Waals surface area contributed by atoms with E-state index in [0.717, 1.165) is 45.4 Å². The number of aryl methyl sites for hydroxylation is 1. The van der Waals surface area contributed by atoms with Crippen molar-refractivity contribution >= 4 is 5.91 Å². The molecule has 4 aromatic rings. The Balaban J connectivity index is 1.77. The van der Waals surface area contributed by atoms with Gasteiger partial charge in [-0.15, -0.1) is 0 Å². The number of hydrogen-bond acceptors (Lipinski definition) is 3. The van der Waals surface area contributed by atoms with Crippen molar-refractivity contribution in [2.75, 3.05) is 0 Å². The summed E-state index contributed by atoms with van der Waals surface area (Å²) in [5.41, 5.74) is 6.21. The molecule has 1 aliphatic rings. The fraction of sp³-hybridized carbons (Fsp3) is 0.0800. The van der Waals surface area contributed by atoms with Gasteiger partial charge in [0, 0.05) is 17.8 Å². The Labute approximate surface area is 168 Å². The highest BCUT2D eigenvalue weighted by Gasteiger charge is 2.24. The first-order chi connectivity index (χ1) is 14.2. The quantitative estimate of drug-likeness (QED) is 0.521. The molecule has 0 saturated carbocycles. The molecular weight excluding hydrogens is 360 g/mol. The van der Waals surface area contributed by atoms with Gasteiger partial charge in [-0.25, -0.2) is 9.55 Å². The standard InChI is InChI=1S/C25H18N2O2/c28-23-12-6-7-15-27(23)25(29)22-16-21(17-8-2-1-3-9-17)20-14-13-18-10-4-5-11-19(18)24(20)26-22/h1-12,15-16H,13-14H2. The highest BCUT2D eigenvalue weighted by molar-refractivity contribution is 5.97. The molecule has 0 spiro atoms. The Morgan fingerprint density at radius 3 is 2.41 bits per heavy atom. The van der Waals surface area contributed by atoms with Gasteiger partial charge in [0.2, 0.25) is 0 Å². The van der Waals surface area contributed by atoms with Crippen molar-refractivity contribution < 1.29 is 4.79 Å². The number of aromatic nitrogens is 2.